The van der Waals surface area contributed by atoms with Crippen LogP contribution in [0.3, 0.4) is 0 Å². The zero-order chi connectivity index (χ0) is 60.5. The van der Waals surface area contributed by atoms with Crippen LogP contribution in [0.25, 0.3) is 0 Å². The van der Waals surface area contributed by atoms with Crippen LogP contribution in [0.1, 0.15) is 309 Å². The largest absolute Gasteiger partial charge is 0.462 e. The summed E-state index contributed by atoms with van der Waals surface area (Å²) < 4.78 is 10.8. The van der Waals surface area contributed by atoms with Crippen LogP contribution in [0.2, 0.25) is 0 Å². The fourth-order valence-corrected chi connectivity index (χ4v) is 9.66. The zero-order valence-electron chi connectivity index (χ0n) is 54.6. The lowest BCUT2D eigenvalue weighted by molar-refractivity contribution is -0.161. The lowest BCUT2D eigenvalue weighted by Crippen LogP contribution is -2.28. The van der Waals surface area contributed by atoms with Crippen molar-refractivity contribution in [1.29, 1.82) is 0 Å². The molecule has 0 aliphatic heterocycles. The number of allylic oxidation sites excluding steroid dienone is 26. The van der Waals surface area contributed by atoms with Crippen molar-refractivity contribution in [3.8, 4) is 0 Å². The summed E-state index contributed by atoms with van der Waals surface area (Å²) in [4.78, 5) is 24.7. The van der Waals surface area contributed by atoms with Crippen LogP contribution in [-0.2, 0) is 19.1 Å². The van der Waals surface area contributed by atoms with Gasteiger partial charge in [-0.1, -0.05) is 332 Å². The maximum atomic E-state index is 12.4. The third-order valence-corrected chi connectivity index (χ3v) is 14.8. The van der Waals surface area contributed by atoms with Crippen LogP contribution >= 0.6 is 0 Å². The average molecular weight is 1160 g/mol. The molecule has 0 amide bonds. The predicted octanol–water partition coefficient (Wildman–Crippen LogP) is 24.6. The molecule has 476 valence electrons. The number of carbonyl (C=O) groups excluding carboxylic acids is 2. The van der Waals surface area contributed by atoms with Gasteiger partial charge in [-0.25, -0.2) is 0 Å². The molecule has 0 saturated carbocycles. The summed E-state index contributed by atoms with van der Waals surface area (Å²) >= 11 is 0. The van der Waals surface area contributed by atoms with Crippen LogP contribution in [0.15, 0.2) is 158 Å². The van der Waals surface area contributed by atoms with Gasteiger partial charge in [0.1, 0.15) is 6.61 Å². The van der Waals surface area contributed by atoms with E-state index >= 15 is 0 Å². The molecular weight excluding hydrogens is 1030 g/mol. The number of esters is 2. The summed E-state index contributed by atoms with van der Waals surface area (Å²) in [6, 6.07) is 0. The maximum absolute atomic E-state index is 12.4. The van der Waals surface area contributed by atoms with E-state index in [0.717, 1.165) is 122 Å². The standard InChI is InChI=1S/C79H130O5/c1-3-5-7-9-11-13-15-17-19-21-23-25-27-29-31-33-35-37-38-39-40-42-43-45-47-49-51-53-55-57-59-61-63-65-67-69-71-73-78(81)83-76-77(75-80)84-79(82)74-72-70-68-66-64-62-60-58-56-54-52-50-48-46-44-41-36-34-32-30-28-26-24-22-20-18-16-14-12-10-8-6-4-2/h5-8,11-14,17-20,23-26,29-32,35-37,41,46,48,77,80H,3-4,9-10,15-16,21-22,27-28,33-34,38-40,42-45,47,49-76H2,1-2H3/b7-5-,8-6-,13-11-,14-12-,19-17-,20-18-,25-23-,26-24-,31-29-,32-30-,37-35-,41-36-,48-46-. The third-order valence-electron chi connectivity index (χ3n) is 14.8. The molecule has 0 aliphatic rings. The number of carbonyl (C=O) groups is 2. The average Bonchev–Trinajstić information content (AvgIpc) is 3.51. The molecule has 0 aromatic rings. The van der Waals surface area contributed by atoms with Gasteiger partial charge in [-0.15, -0.1) is 0 Å². The van der Waals surface area contributed by atoms with Gasteiger partial charge in [0.25, 0.3) is 0 Å². The van der Waals surface area contributed by atoms with Gasteiger partial charge in [-0.05, 0) is 122 Å². The Hall–Kier alpha value is -4.48. The molecule has 0 aliphatic carbocycles. The fraction of sp³-hybridized carbons (Fsp3) is 0.646. The number of unbranched alkanes of at least 4 members (excludes halogenated alkanes) is 29. The topological polar surface area (TPSA) is 72.8 Å². The molecule has 1 N–H and O–H groups in total. The van der Waals surface area contributed by atoms with E-state index in [-0.39, 0.29) is 25.2 Å². The van der Waals surface area contributed by atoms with Crippen molar-refractivity contribution in [1.82, 2.24) is 0 Å². The van der Waals surface area contributed by atoms with Gasteiger partial charge in [-0.3, -0.25) is 9.59 Å². The molecule has 0 fully saturated rings. The SMILES string of the molecule is CC/C=C\C/C=C\C/C=C\C/C=C\C/C=C\C/C=C\C/C=C\CCCCCCCCCCCCCC(=O)OC(CO)COC(=O)CCCCCCCCCCCCCCCCCCCC/C=C\C/C=C\C/C=C\C/C=C\C/C=C\C/C=C\CC. The van der Waals surface area contributed by atoms with E-state index in [4.69, 9.17) is 9.47 Å². The molecule has 84 heavy (non-hydrogen) atoms. The predicted molar refractivity (Wildman–Crippen MR) is 370 cm³/mol. The van der Waals surface area contributed by atoms with Crippen molar-refractivity contribution in [2.45, 2.75) is 315 Å². The molecule has 5 heteroatoms. The second-order valence-corrected chi connectivity index (χ2v) is 22.8. The fourth-order valence-electron chi connectivity index (χ4n) is 9.66. The molecular formula is C79H130O5. The van der Waals surface area contributed by atoms with E-state index in [1.54, 1.807) is 0 Å². The Balaban J connectivity index is 3.50. The minimum absolute atomic E-state index is 0.0723. The normalized spacial score (nSPS) is 13.2. The van der Waals surface area contributed by atoms with Gasteiger partial charge >= 0.3 is 11.9 Å². The highest BCUT2D eigenvalue weighted by Gasteiger charge is 2.16. The van der Waals surface area contributed by atoms with Crippen molar-refractivity contribution in [3.05, 3.63) is 158 Å². The highest BCUT2D eigenvalue weighted by atomic mass is 16.6. The molecule has 0 radical (unpaired) electrons. The van der Waals surface area contributed by atoms with Crippen LogP contribution in [0.4, 0.5) is 0 Å². The van der Waals surface area contributed by atoms with Crippen molar-refractivity contribution in [2.75, 3.05) is 13.2 Å². The minimum Gasteiger partial charge on any atom is -0.462 e. The summed E-state index contributed by atoms with van der Waals surface area (Å²) in [7, 11) is 0. The maximum Gasteiger partial charge on any atom is 0.306 e. The molecule has 1 unspecified atom stereocenters. The number of hydrogen-bond donors (Lipinski definition) is 1. The smallest absolute Gasteiger partial charge is 0.306 e. The molecule has 0 rings (SSSR count). The first kappa shape index (κ1) is 79.5. The van der Waals surface area contributed by atoms with E-state index in [1.165, 1.54) is 161 Å². The van der Waals surface area contributed by atoms with Crippen LogP contribution in [-0.4, -0.2) is 36.4 Å². The second-order valence-electron chi connectivity index (χ2n) is 22.8. The monoisotopic (exact) mass is 1160 g/mol. The molecule has 0 aromatic carbocycles. The Morgan fingerprint density at radius 2 is 0.476 bits per heavy atom. The number of rotatable bonds is 63. The number of hydrogen-bond acceptors (Lipinski definition) is 5. The molecule has 0 saturated heterocycles. The first-order valence-electron chi connectivity index (χ1n) is 35.0. The first-order chi connectivity index (χ1) is 41.6. The molecule has 0 bridgehead atoms. The minimum atomic E-state index is -0.784. The molecule has 0 heterocycles. The van der Waals surface area contributed by atoms with Crippen LogP contribution in [0.5, 0.6) is 0 Å². The summed E-state index contributed by atoms with van der Waals surface area (Å²) in [6.45, 7) is 3.93. The lowest BCUT2D eigenvalue weighted by atomic mass is 10.0. The number of aliphatic hydroxyl groups excluding tert-OH is 1. The highest BCUT2D eigenvalue weighted by molar-refractivity contribution is 5.70. The Bertz CT molecular complexity index is 1790. The quantitative estimate of drug-likeness (QED) is 0.0373. The zero-order valence-corrected chi connectivity index (χ0v) is 54.6. The molecule has 0 spiro atoms. The number of ether oxygens (including phenoxy) is 2. The van der Waals surface area contributed by atoms with Gasteiger partial charge in [0.05, 0.1) is 6.61 Å². The van der Waals surface area contributed by atoms with E-state index < -0.39 is 6.10 Å². The summed E-state index contributed by atoms with van der Waals surface area (Å²) in [5.74, 6) is -0.592. The van der Waals surface area contributed by atoms with Gasteiger partial charge in [0, 0.05) is 12.8 Å². The molecule has 5 nitrogen and oxygen atoms in total. The van der Waals surface area contributed by atoms with Gasteiger partial charge in [0.15, 0.2) is 6.10 Å². The van der Waals surface area contributed by atoms with E-state index in [1.807, 2.05) is 0 Å². The Morgan fingerprint density at radius 1 is 0.274 bits per heavy atom. The van der Waals surface area contributed by atoms with E-state index in [2.05, 4.69) is 172 Å². The van der Waals surface area contributed by atoms with Crippen LogP contribution < -0.4 is 0 Å². The third kappa shape index (κ3) is 70.0. The first-order valence-corrected chi connectivity index (χ1v) is 35.0. The van der Waals surface area contributed by atoms with E-state index in [9.17, 15) is 14.7 Å². The van der Waals surface area contributed by atoms with Crippen molar-refractivity contribution in [2.24, 2.45) is 0 Å². The Kier molecular flexibility index (Phi) is 68.9. The molecule has 0 aromatic heterocycles. The van der Waals surface area contributed by atoms with Crippen molar-refractivity contribution in [3.63, 3.8) is 0 Å². The summed E-state index contributed by atoms with van der Waals surface area (Å²) in [6.07, 6.45) is 111. The van der Waals surface area contributed by atoms with E-state index in [0.29, 0.717) is 12.8 Å². The van der Waals surface area contributed by atoms with Crippen molar-refractivity contribution >= 4 is 11.9 Å². The molecule has 1 atom stereocenters. The Morgan fingerprint density at radius 3 is 0.714 bits per heavy atom. The van der Waals surface area contributed by atoms with Gasteiger partial charge < -0.3 is 14.6 Å². The van der Waals surface area contributed by atoms with Gasteiger partial charge in [-0.2, -0.15) is 0 Å². The summed E-state index contributed by atoms with van der Waals surface area (Å²) in [5.41, 5.74) is 0. The Labute approximate surface area is 520 Å². The lowest BCUT2D eigenvalue weighted by Gasteiger charge is -2.15. The number of aliphatic hydroxyl groups is 1. The van der Waals surface area contributed by atoms with Gasteiger partial charge in [0.2, 0.25) is 0 Å². The second kappa shape index (κ2) is 72.8. The van der Waals surface area contributed by atoms with Crippen molar-refractivity contribution < 1.29 is 24.2 Å². The summed E-state index contributed by atoms with van der Waals surface area (Å²) in [5, 5.41) is 9.71. The highest BCUT2D eigenvalue weighted by Crippen LogP contribution is 2.17. The van der Waals surface area contributed by atoms with Crippen LogP contribution in [0, 0.1) is 0 Å².